The van der Waals surface area contributed by atoms with Crippen LogP contribution in [0.3, 0.4) is 0 Å². The van der Waals surface area contributed by atoms with Gasteiger partial charge >= 0.3 is 0 Å². The standard InChI is InChI=1S/C21H26N6O2/c28-13-12-24-8-10-25(11-9-24)18-14-26-19(23-18)15-27(29)20-17(6-7-22-21(20)26)16-4-2-1-3-5-16/h1-6,14-15,22-23,27-28H,7-13H2. The zero-order chi connectivity index (χ0) is 19.8. The smallest absolute Gasteiger partial charge is 0.184 e. The lowest BCUT2D eigenvalue weighted by atomic mass is 9.99. The van der Waals surface area contributed by atoms with Gasteiger partial charge in [0, 0.05) is 44.8 Å². The first-order chi connectivity index (χ1) is 14.2. The number of dihydropyridines is 1. The van der Waals surface area contributed by atoms with Crippen LogP contribution in [-0.2, 0) is 0 Å². The molecule has 4 N–H and O–H groups in total. The molecule has 0 amide bonds. The van der Waals surface area contributed by atoms with Crippen LogP contribution in [0.15, 0.2) is 72.0 Å². The van der Waals surface area contributed by atoms with Crippen LogP contribution in [0.1, 0.15) is 5.56 Å². The molecule has 0 spiro atoms. The molecule has 4 aliphatic rings. The summed E-state index contributed by atoms with van der Waals surface area (Å²) >= 11 is 0. The molecule has 5 rings (SSSR count). The number of nitrogens with one attached hydrogen (secondary N) is 3. The maximum atomic E-state index is 13.0. The number of allylic oxidation sites excluding steroid dienone is 1. The summed E-state index contributed by atoms with van der Waals surface area (Å²) < 4.78 is 0. The number of aliphatic hydroxyl groups excluding tert-OH is 1. The van der Waals surface area contributed by atoms with Gasteiger partial charge in [-0.25, -0.2) is 0 Å². The molecule has 29 heavy (non-hydrogen) atoms. The van der Waals surface area contributed by atoms with Crippen molar-refractivity contribution in [2.24, 2.45) is 0 Å². The summed E-state index contributed by atoms with van der Waals surface area (Å²) in [4.78, 5) is 6.62. The topological polar surface area (TPSA) is 81.5 Å². The van der Waals surface area contributed by atoms with Crippen LogP contribution in [0.5, 0.6) is 0 Å². The van der Waals surface area contributed by atoms with Crippen molar-refractivity contribution in [2.75, 3.05) is 45.9 Å². The van der Waals surface area contributed by atoms with Gasteiger partial charge in [0.1, 0.15) is 12.0 Å². The molecular weight excluding hydrogens is 368 g/mol. The summed E-state index contributed by atoms with van der Waals surface area (Å²) in [6.07, 6.45) is 5.85. The van der Waals surface area contributed by atoms with Crippen LogP contribution in [0, 0.1) is 5.21 Å². The van der Waals surface area contributed by atoms with Gasteiger partial charge in [-0.1, -0.05) is 36.4 Å². The van der Waals surface area contributed by atoms with Gasteiger partial charge in [0.15, 0.2) is 17.3 Å². The highest BCUT2D eigenvalue weighted by Gasteiger charge is 2.36. The van der Waals surface area contributed by atoms with Gasteiger partial charge in [-0.15, -0.1) is 0 Å². The molecule has 1 fully saturated rings. The van der Waals surface area contributed by atoms with Gasteiger partial charge in [-0.3, -0.25) is 9.80 Å². The van der Waals surface area contributed by atoms with Crippen molar-refractivity contribution in [3.05, 3.63) is 82.7 Å². The molecule has 1 saturated heterocycles. The second-order valence-corrected chi connectivity index (χ2v) is 7.54. The van der Waals surface area contributed by atoms with Gasteiger partial charge in [0.05, 0.1) is 12.8 Å². The van der Waals surface area contributed by atoms with Gasteiger partial charge < -0.3 is 30.9 Å². The number of piperazine rings is 1. The van der Waals surface area contributed by atoms with Gasteiger partial charge in [0.25, 0.3) is 0 Å². The van der Waals surface area contributed by atoms with E-state index in [0.29, 0.717) is 6.54 Å². The molecule has 0 aromatic heterocycles. The molecule has 1 atom stereocenters. The minimum absolute atomic E-state index is 0.0171. The van der Waals surface area contributed by atoms with Gasteiger partial charge in [0.2, 0.25) is 0 Å². The molecule has 0 aliphatic carbocycles. The number of aliphatic hydroxyl groups is 1. The predicted octanol–water partition coefficient (Wildman–Crippen LogP) is -0.648. The number of β-amino-alcohol motifs (C(OH)–C–C–N with tert-alkyl or cyclic N) is 1. The summed E-state index contributed by atoms with van der Waals surface area (Å²) in [6, 6.07) is 10.1. The normalized spacial score (nSPS) is 24.2. The number of hydrogen-bond acceptors (Lipinski definition) is 7. The molecule has 8 heteroatoms. The zero-order valence-corrected chi connectivity index (χ0v) is 16.3. The van der Waals surface area contributed by atoms with Crippen molar-refractivity contribution in [2.45, 2.75) is 0 Å². The average molecular weight is 394 g/mol. The molecule has 4 aliphatic heterocycles. The van der Waals surface area contributed by atoms with E-state index in [1.54, 1.807) is 6.20 Å². The Balaban J connectivity index is 1.41. The number of quaternary nitrogens is 1. The van der Waals surface area contributed by atoms with Crippen molar-refractivity contribution in [1.82, 2.24) is 25.3 Å². The van der Waals surface area contributed by atoms with E-state index in [-0.39, 0.29) is 11.7 Å². The van der Waals surface area contributed by atoms with Crippen LogP contribution >= 0.6 is 0 Å². The average Bonchev–Trinajstić information content (AvgIpc) is 3.19. The predicted molar refractivity (Wildman–Crippen MR) is 110 cm³/mol. The van der Waals surface area contributed by atoms with E-state index in [2.05, 4.69) is 37.6 Å². The van der Waals surface area contributed by atoms with E-state index in [4.69, 9.17) is 5.11 Å². The highest BCUT2D eigenvalue weighted by atomic mass is 16.5. The minimum Gasteiger partial charge on any atom is -0.624 e. The molecule has 8 nitrogen and oxygen atoms in total. The number of rotatable bonds is 4. The lowest BCUT2D eigenvalue weighted by molar-refractivity contribution is -0.745. The van der Waals surface area contributed by atoms with Crippen LogP contribution in [0.25, 0.3) is 5.57 Å². The van der Waals surface area contributed by atoms with Crippen LogP contribution in [0.4, 0.5) is 0 Å². The summed E-state index contributed by atoms with van der Waals surface area (Å²) in [6.45, 7) is 5.23. The van der Waals surface area contributed by atoms with Crippen molar-refractivity contribution < 1.29 is 10.2 Å². The fourth-order valence-corrected chi connectivity index (χ4v) is 4.32. The van der Waals surface area contributed by atoms with Crippen molar-refractivity contribution in [3.63, 3.8) is 0 Å². The highest BCUT2D eigenvalue weighted by molar-refractivity contribution is 5.79. The van der Waals surface area contributed by atoms with E-state index in [1.165, 1.54) is 0 Å². The quantitative estimate of drug-likeness (QED) is 0.506. The van der Waals surface area contributed by atoms with E-state index in [9.17, 15) is 5.21 Å². The summed E-state index contributed by atoms with van der Waals surface area (Å²) in [7, 11) is 0. The van der Waals surface area contributed by atoms with E-state index < -0.39 is 0 Å². The monoisotopic (exact) mass is 394 g/mol. The Hall–Kier alpha value is -2.78. The molecule has 152 valence electrons. The first kappa shape index (κ1) is 18.3. The Labute approximate surface area is 170 Å². The molecule has 1 unspecified atom stereocenters. The van der Waals surface area contributed by atoms with Gasteiger partial charge in [-0.2, -0.15) is 0 Å². The minimum atomic E-state index is 0.0171. The maximum absolute atomic E-state index is 13.0. The number of fused-ring (bicyclic) bond motifs is 2. The van der Waals surface area contributed by atoms with Crippen LogP contribution in [0.2, 0.25) is 0 Å². The highest BCUT2D eigenvalue weighted by Crippen LogP contribution is 2.31. The second-order valence-electron chi connectivity index (χ2n) is 7.54. The molecule has 4 heterocycles. The molecule has 1 aromatic carbocycles. The number of benzene rings is 1. The Kier molecular flexibility index (Phi) is 4.76. The van der Waals surface area contributed by atoms with Crippen LogP contribution < -0.4 is 15.7 Å². The van der Waals surface area contributed by atoms with Crippen molar-refractivity contribution in [3.8, 4) is 0 Å². The summed E-state index contributed by atoms with van der Waals surface area (Å²) in [5.41, 5.74) is 2.76. The third-order valence-corrected chi connectivity index (χ3v) is 5.82. The lowest BCUT2D eigenvalue weighted by Gasteiger charge is -2.36. The largest absolute Gasteiger partial charge is 0.624 e. The molecule has 0 saturated carbocycles. The molecule has 0 bridgehead atoms. The Morgan fingerprint density at radius 2 is 1.86 bits per heavy atom. The summed E-state index contributed by atoms with van der Waals surface area (Å²) in [5.74, 6) is 2.65. The molecule has 1 aromatic rings. The van der Waals surface area contributed by atoms with Gasteiger partial charge in [-0.05, 0) is 5.56 Å². The Bertz CT molecular complexity index is 899. The second kappa shape index (κ2) is 7.57. The fourth-order valence-electron chi connectivity index (χ4n) is 4.32. The van der Waals surface area contributed by atoms with E-state index in [0.717, 1.165) is 67.0 Å². The third-order valence-electron chi connectivity index (χ3n) is 5.82. The Morgan fingerprint density at radius 1 is 1.07 bits per heavy atom. The molecule has 0 radical (unpaired) electrons. The fraction of sp³-hybridized carbons (Fsp3) is 0.333. The molecular formula is C21H26N6O2. The first-order valence-electron chi connectivity index (χ1n) is 10.1. The number of nitrogens with zero attached hydrogens (tertiary/aromatic N) is 3. The third kappa shape index (κ3) is 3.30. The summed E-state index contributed by atoms with van der Waals surface area (Å²) in [5, 5.41) is 29.0. The van der Waals surface area contributed by atoms with E-state index >= 15 is 0 Å². The van der Waals surface area contributed by atoms with E-state index in [1.807, 2.05) is 30.3 Å². The Morgan fingerprint density at radius 3 is 2.62 bits per heavy atom. The first-order valence-corrected chi connectivity index (χ1v) is 10.1. The maximum Gasteiger partial charge on any atom is 0.184 e. The zero-order valence-electron chi connectivity index (χ0n) is 16.3. The van der Waals surface area contributed by atoms with Crippen LogP contribution in [-0.4, -0.2) is 65.7 Å². The van der Waals surface area contributed by atoms with Crippen molar-refractivity contribution >= 4 is 5.57 Å². The SMILES string of the molecule is [O-][NH+]1C=C2NC(N3CCN(CCO)CC3)=CN2C2=C1C(c1ccccc1)=CCN2. The number of hydroxylamine groups is 2. The van der Waals surface area contributed by atoms with Crippen molar-refractivity contribution in [1.29, 1.82) is 0 Å². The number of hydrogen-bond donors (Lipinski definition) is 4. The lowest BCUT2D eigenvalue weighted by Crippen LogP contribution is -3.02.